The number of nitrogens with one attached hydrogen (secondary N) is 2. The van der Waals surface area contributed by atoms with Crippen molar-refractivity contribution in [2.24, 2.45) is 0 Å². The van der Waals surface area contributed by atoms with Gasteiger partial charge >= 0.3 is 5.97 Å². The van der Waals surface area contributed by atoms with E-state index in [1.165, 1.54) is 13.2 Å². The molecule has 0 amide bonds. The van der Waals surface area contributed by atoms with E-state index in [2.05, 4.69) is 32.2 Å². The second-order valence-corrected chi connectivity index (χ2v) is 7.72. The summed E-state index contributed by atoms with van der Waals surface area (Å²) in [5, 5.41) is 6.27. The molecule has 0 saturated carbocycles. The Morgan fingerprint density at radius 1 is 1.21 bits per heavy atom. The summed E-state index contributed by atoms with van der Waals surface area (Å²) in [4.78, 5) is 25.6. The van der Waals surface area contributed by atoms with Crippen molar-refractivity contribution in [3.63, 3.8) is 0 Å². The number of rotatable bonds is 11. The topological polar surface area (TPSA) is 107 Å². The molecule has 0 fully saturated rings. The van der Waals surface area contributed by atoms with Crippen LogP contribution in [-0.2, 0) is 16.1 Å². The third kappa shape index (κ3) is 5.51. The lowest BCUT2D eigenvalue weighted by molar-refractivity contribution is -0.145. The smallest absolute Gasteiger partial charge is 0.331 e. The molecule has 10 heteroatoms. The number of allylic oxidation sites excluding steroid dienone is 1. The number of benzene rings is 1. The monoisotopic (exact) mass is 469 g/mol. The van der Waals surface area contributed by atoms with Crippen LogP contribution >= 0.6 is 0 Å². The Morgan fingerprint density at radius 3 is 2.68 bits per heavy atom. The van der Waals surface area contributed by atoms with Crippen LogP contribution in [-0.4, -0.2) is 47.8 Å². The molecule has 1 unspecified atom stereocenters. The van der Waals surface area contributed by atoms with E-state index >= 15 is 0 Å². The first-order chi connectivity index (χ1) is 16.3. The normalized spacial score (nSPS) is 12.5. The van der Waals surface area contributed by atoms with Gasteiger partial charge in [0.05, 0.1) is 33.0 Å². The number of carbonyl (C=O) groups excluding carboxylic acids is 1. The average Bonchev–Trinajstić information content (AvgIpc) is 2.85. The maximum absolute atomic E-state index is 13.9. The number of methoxy groups -OCH3 is 3. The lowest BCUT2D eigenvalue weighted by Crippen LogP contribution is -2.44. The van der Waals surface area contributed by atoms with E-state index in [0.717, 1.165) is 11.8 Å². The van der Waals surface area contributed by atoms with Gasteiger partial charge in [-0.15, -0.1) is 6.58 Å². The van der Waals surface area contributed by atoms with Crippen molar-refractivity contribution in [3.05, 3.63) is 54.5 Å². The number of anilines is 2. The molecule has 1 aromatic carbocycles. The minimum absolute atomic E-state index is 0.219. The summed E-state index contributed by atoms with van der Waals surface area (Å²) in [5.41, 5.74) is 0.320. The SMILES string of the molecule is C=CCCC(C)(Nc1nc(NCc2ccc(OC)cc2OC)nc2cc(F)cnc12)C(=O)OC. The van der Waals surface area contributed by atoms with E-state index in [4.69, 9.17) is 14.2 Å². The van der Waals surface area contributed by atoms with Crippen molar-refractivity contribution in [1.29, 1.82) is 0 Å². The Morgan fingerprint density at radius 2 is 2.00 bits per heavy atom. The van der Waals surface area contributed by atoms with Crippen LogP contribution in [0, 0.1) is 5.82 Å². The predicted molar refractivity (Wildman–Crippen MR) is 128 cm³/mol. The van der Waals surface area contributed by atoms with Gasteiger partial charge in [-0.1, -0.05) is 6.08 Å². The van der Waals surface area contributed by atoms with Crippen LogP contribution in [0.1, 0.15) is 25.3 Å². The molecule has 34 heavy (non-hydrogen) atoms. The second-order valence-electron chi connectivity index (χ2n) is 7.72. The summed E-state index contributed by atoms with van der Waals surface area (Å²) in [7, 11) is 4.46. The number of nitrogens with zero attached hydrogens (tertiary/aromatic N) is 3. The zero-order valence-corrected chi connectivity index (χ0v) is 19.6. The molecular weight excluding hydrogens is 441 g/mol. The molecule has 2 aromatic heterocycles. The fraction of sp³-hybridized carbons (Fsp3) is 0.333. The van der Waals surface area contributed by atoms with E-state index in [0.29, 0.717) is 36.4 Å². The molecule has 0 aliphatic heterocycles. The molecule has 1 atom stereocenters. The summed E-state index contributed by atoms with van der Waals surface area (Å²) in [6.07, 6.45) is 3.75. The molecule has 0 spiro atoms. The van der Waals surface area contributed by atoms with Crippen LogP contribution in [0.3, 0.4) is 0 Å². The van der Waals surface area contributed by atoms with E-state index in [1.807, 2.05) is 12.1 Å². The van der Waals surface area contributed by atoms with Gasteiger partial charge in [0.2, 0.25) is 5.95 Å². The summed E-state index contributed by atoms with van der Waals surface area (Å²) >= 11 is 0. The molecule has 0 aliphatic rings. The minimum Gasteiger partial charge on any atom is -0.497 e. The van der Waals surface area contributed by atoms with Gasteiger partial charge in [-0.05, 0) is 31.9 Å². The molecule has 180 valence electrons. The van der Waals surface area contributed by atoms with Gasteiger partial charge in [-0.2, -0.15) is 4.98 Å². The molecule has 0 saturated heterocycles. The Bertz CT molecular complexity index is 1190. The summed E-state index contributed by atoms with van der Waals surface area (Å²) in [6, 6.07) is 6.70. The second kappa shape index (κ2) is 10.8. The number of hydrogen-bond acceptors (Lipinski definition) is 9. The standard InChI is InChI=1S/C24H28FN5O4/c1-6-7-10-24(2,22(31)34-5)30-21-20-18(11-16(25)14-26-20)28-23(29-21)27-13-15-8-9-17(32-3)12-19(15)33-4/h6,8-9,11-12,14H,1,7,10,13H2,2-5H3,(H2,27,28,29,30). The van der Waals surface area contributed by atoms with E-state index in [-0.39, 0.29) is 17.3 Å². The zero-order valence-electron chi connectivity index (χ0n) is 19.6. The predicted octanol–water partition coefficient (Wildman–Crippen LogP) is 4.10. The number of aromatic nitrogens is 3. The average molecular weight is 470 g/mol. The highest BCUT2D eigenvalue weighted by Crippen LogP contribution is 2.28. The number of hydrogen-bond donors (Lipinski definition) is 2. The Balaban J connectivity index is 1.98. The Hall–Kier alpha value is -3.95. The molecule has 3 rings (SSSR count). The van der Waals surface area contributed by atoms with Crippen molar-refractivity contribution in [3.8, 4) is 11.5 Å². The first-order valence-electron chi connectivity index (χ1n) is 10.6. The largest absolute Gasteiger partial charge is 0.497 e. The third-order valence-electron chi connectivity index (χ3n) is 5.31. The van der Waals surface area contributed by atoms with Crippen molar-refractivity contribution < 1.29 is 23.4 Å². The summed E-state index contributed by atoms with van der Waals surface area (Å²) in [6.45, 7) is 5.75. The first-order valence-corrected chi connectivity index (χ1v) is 10.6. The van der Waals surface area contributed by atoms with Gasteiger partial charge in [0.15, 0.2) is 5.82 Å². The van der Waals surface area contributed by atoms with Crippen LogP contribution in [0.2, 0.25) is 0 Å². The van der Waals surface area contributed by atoms with Gasteiger partial charge < -0.3 is 24.8 Å². The molecule has 9 nitrogen and oxygen atoms in total. The van der Waals surface area contributed by atoms with Gasteiger partial charge in [-0.3, -0.25) is 0 Å². The quantitative estimate of drug-likeness (QED) is 0.317. The fourth-order valence-corrected chi connectivity index (χ4v) is 3.43. The lowest BCUT2D eigenvalue weighted by atomic mass is 9.95. The third-order valence-corrected chi connectivity index (χ3v) is 5.31. The molecule has 2 heterocycles. The molecule has 3 aromatic rings. The van der Waals surface area contributed by atoms with Crippen LogP contribution in [0.15, 0.2) is 43.1 Å². The van der Waals surface area contributed by atoms with E-state index < -0.39 is 17.3 Å². The highest BCUT2D eigenvalue weighted by Gasteiger charge is 2.35. The zero-order chi connectivity index (χ0) is 24.7. The van der Waals surface area contributed by atoms with Crippen molar-refractivity contribution in [1.82, 2.24) is 15.0 Å². The summed E-state index contributed by atoms with van der Waals surface area (Å²) < 4.78 is 29.6. The maximum Gasteiger partial charge on any atom is 0.331 e. The molecule has 0 aliphatic carbocycles. The molecule has 2 N–H and O–H groups in total. The first kappa shape index (κ1) is 24.7. The molecular formula is C24H28FN5O4. The molecule has 0 radical (unpaired) electrons. The van der Waals surface area contributed by atoms with E-state index in [1.54, 1.807) is 33.3 Å². The van der Waals surface area contributed by atoms with Crippen LogP contribution in [0.5, 0.6) is 11.5 Å². The van der Waals surface area contributed by atoms with Crippen molar-refractivity contribution in [2.45, 2.75) is 31.8 Å². The lowest BCUT2D eigenvalue weighted by Gasteiger charge is -2.28. The van der Waals surface area contributed by atoms with Gasteiger partial charge in [0.25, 0.3) is 0 Å². The Labute approximate surface area is 197 Å². The number of ether oxygens (including phenoxy) is 3. The highest BCUT2D eigenvalue weighted by molar-refractivity contribution is 5.90. The molecule has 0 bridgehead atoms. The minimum atomic E-state index is -1.11. The number of esters is 1. The number of carbonyl (C=O) groups is 1. The maximum atomic E-state index is 13.9. The van der Waals surface area contributed by atoms with Gasteiger partial charge in [-0.25, -0.2) is 19.2 Å². The number of pyridine rings is 1. The number of halogens is 1. The van der Waals surface area contributed by atoms with Crippen LogP contribution in [0.25, 0.3) is 11.0 Å². The van der Waals surface area contributed by atoms with E-state index in [9.17, 15) is 9.18 Å². The van der Waals surface area contributed by atoms with Crippen molar-refractivity contribution >= 4 is 28.8 Å². The summed E-state index contributed by atoms with van der Waals surface area (Å²) in [5.74, 6) is 0.768. The number of fused-ring (bicyclic) bond motifs is 1. The van der Waals surface area contributed by atoms with Gasteiger partial charge in [0, 0.05) is 24.2 Å². The van der Waals surface area contributed by atoms with Crippen LogP contribution in [0.4, 0.5) is 16.2 Å². The van der Waals surface area contributed by atoms with Crippen molar-refractivity contribution in [2.75, 3.05) is 32.0 Å². The fourth-order valence-electron chi connectivity index (χ4n) is 3.43. The highest BCUT2D eigenvalue weighted by atomic mass is 19.1. The van der Waals surface area contributed by atoms with Crippen LogP contribution < -0.4 is 20.1 Å². The Kier molecular flexibility index (Phi) is 7.83. The van der Waals surface area contributed by atoms with Gasteiger partial charge in [0.1, 0.15) is 28.4 Å².